The Bertz CT molecular complexity index is 469. The standard InChI is InChI=1S/C12H16N4O2/c1-9(7-13)15-3-5-16(6-4-15)12(17)11-10(2)14-8-18-11/h8-9H,3-6H2,1-2H3. The number of carbonyl (C=O) groups excluding carboxylic acids is 1. The molecule has 1 aromatic heterocycles. The van der Waals surface area contributed by atoms with Crippen molar-refractivity contribution in [1.82, 2.24) is 14.8 Å². The molecular weight excluding hydrogens is 232 g/mol. The van der Waals surface area contributed by atoms with Crippen LogP contribution in [0.4, 0.5) is 0 Å². The molecule has 0 aliphatic carbocycles. The van der Waals surface area contributed by atoms with Crippen LogP contribution in [-0.4, -0.2) is 52.9 Å². The fourth-order valence-corrected chi connectivity index (χ4v) is 2.04. The number of aromatic nitrogens is 1. The van der Waals surface area contributed by atoms with E-state index in [1.807, 2.05) is 6.92 Å². The molecule has 96 valence electrons. The van der Waals surface area contributed by atoms with E-state index < -0.39 is 0 Å². The maximum atomic E-state index is 12.1. The summed E-state index contributed by atoms with van der Waals surface area (Å²) in [6.45, 7) is 6.29. The van der Waals surface area contributed by atoms with E-state index in [9.17, 15) is 4.79 Å². The maximum absolute atomic E-state index is 12.1. The Labute approximate surface area is 106 Å². The summed E-state index contributed by atoms with van der Waals surface area (Å²) in [5, 5.41) is 8.85. The lowest BCUT2D eigenvalue weighted by Gasteiger charge is -2.35. The lowest BCUT2D eigenvalue weighted by molar-refractivity contribution is 0.0584. The molecule has 2 rings (SSSR count). The predicted octanol–water partition coefficient (Wildman–Crippen LogP) is 0.653. The molecule has 0 saturated carbocycles. The molecule has 1 aromatic rings. The summed E-state index contributed by atoms with van der Waals surface area (Å²) >= 11 is 0. The van der Waals surface area contributed by atoms with Crippen molar-refractivity contribution in [3.05, 3.63) is 17.8 Å². The Hall–Kier alpha value is -1.87. The van der Waals surface area contributed by atoms with Gasteiger partial charge < -0.3 is 9.32 Å². The number of hydrogen-bond donors (Lipinski definition) is 0. The number of rotatable bonds is 2. The lowest BCUT2D eigenvalue weighted by Crippen LogP contribution is -2.51. The highest BCUT2D eigenvalue weighted by molar-refractivity contribution is 5.92. The maximum Gasteiger partial charge on any atom is 0.291 e. The third kappa shape index (κ3) is 2.36. The van der Waals surface area contributed by atoms with Gasteiger partial charge in [-0.15, -0.1) is 0 Å². The Kier molecular flexibility index (Phi) is 3.63. The number of hydrogen-bond acceptors (Lipinski definition) is 5. The van der Waals surface area contributed by atoms with Crippen molar-refractivity contribution in [1.29, 1.82) is 5.26 Å². The number of nitrogens with zero attached hydrogens (tertiary/aromatic N) is 4. The van der Waals surface area contributed by atoms with Crippen molar-refractivity contribution in [3.8, 4) is 6.07 Å². The minimum atomic E-state index is -0.116. The molecule has 18 heavy (non-hydrogen) atoms. The third-order valence-corrected chi connectivity index (χ3v) is 3.28. The first-order valence-corrected chi connectivity index (χ1v) is 5.96. The van der Waals surface area contributed by atoms with E-state index >= 15 is 0 Å². The molecule has 0 radical (unpaired) electrons. The molecule has 1 aliphatic heterocycles. The average Bonchev–Trinajstić information content (AvgIpc) is 2.83. The molecule has 1 aliphatic rings. The minimum Gasteiger partial charge on any atom is -0.438 e. The Morgan fingerprint density at radius 2 is 2.17 bits per heavy atom. The molecule has 2 heterocycles. The van der Waals surface area contributed by atoms with Crippen LogP contribution in [0.25, 0.3) is 0 Å². The van der Waals surface area contributed by atoms with Crippen LogP contribution in [0.5, 0.6) is 0 Å². The molecule has 0 aromatic carbocycles. The summed E-state index contributed by atoms with van der Waals surface area (Å²) in [7, 11) is 0. The van der Waals surface area contributed by atoms with Gasteiger partial charge in [-0.25, -0.2) is 4.98 Å². The Morgan fingerprint density at radius 3 is 2.67 bits per heavy atom. The number of nitriles is 1. The molecule has 1 atom stereocenters. The molecule has 1 fully saturated rings. The summed E-state index contributed by atoms with van der Waals surface area (Å²) in [5.41, 5.74) is 0.618. The smallest absolute Gasteiger partial charge is 0.291 e. The van der Waals surface area contributed by atoms with E-state index in [-0.39, 0.29) is 11.9 Å². The predicted molar refractivity (Wildman–Crippen MR) is 63.8 cm³/mol. The van der Waals surface area contributed by atoms with Crippen LogP contribution in [0.1, 0.15) is 23.2 Å². The minimum absolute atomic E-state index is 0.103. The molecule has 6 heteroatoms. The highest BCUT2D eigenvalue weighted by atomic mass is 16.3. The summed E-state index contributed by atoms with van der Waals surface area (Å²) in [6.07, 6.45) is 1.29. The van der Waals surface area contributed by atoms with Crippen LogP contribution in [0.15, 0.2) is 10.8 Å². The van der Waals surface area contributed by atoms with Gasteiger partial charge in [0.15, 0.2) is 6.39 Å². The van der Waals surface area contributed by atoms with Crippen molar-refractivity contribution in [2.75, 3.05) is 26.2 Å². The van der Waals surface area contributed by atoms with Gasteiger partial charge in [-0.1, -0.05) is 0 Å². The zero-order chi connectivity index (χ0) is 13.1. The molecule has 0 N–H and O–H groups in total. The van der Waals surface area contributed by atoms with Crippen molar-refractivity contribution >= 4 is 5.91 Å². The first-order valence-electron chi connectivity index (χ1n) is 5.96. The van der Waals surface area contributed by atoms with Gasteiger partial charge in [-0.3, -0.25) is 9.69 Å². The van der Waals surface area contributed by atoms with Gasteiger partial charge >= 0.3 is 0 Å². The van der Waals surface area contributed by atoms with Crippen molar-refractivity contribution in [2.24, 2.45) is 0 Å². The summed E-state index contributed by atoms with van der Waals surface area (Å²) in [6, 6.07) is 2.11. The summed E-state index contributed by atoms with van der Waals surface area (Å²) in [4.78, 5) is 19.9. The first kappa shape index (κ1) is 12.6. The number of oxazole rings is 1. The van der Waals surface area contributed by atoms with E-state index in [0.29, 0.717) is 37.6 Å². The highest BCUT2D eigenvalue weighted by Crippen LogP contribution is 2.12. The van der Waals surface area contributed by atoms with E-state index in [4.69, 9.17) is 9.68 Å². The molecule has 0 bridgehead atoms. The average molecular weight is 248 g/mol. The lowest BCUT2D eigenvalue weighted by atomic mass is 10.2. The second-order valence-corrected chi connectivity index (χ2v) is 4.40. The van der Waals surface area contributed by atoms with E-state index in [1.165, 1.54) is 6.39 Å². The monoisotopic (exact) mass is 248 g/mol. The van der Waals surface area contributed by atoms with Gasteiger partial charge in [0.1, 0.15) is 0 Å². The van der Waals surface area contributed by atoms with Crippen LogP contribution in [-0.2, 0) is 0 Å². The molecule has 0 spiro atoms. The summed E-state index contributed by atoms with van der Waals surface area (Å²) in [5.74, 6) is 0.200. The largest absolute Gasteiger partial charge is 0.438 e. The van der Waals surface area contributed by atoms with Gasteiger partial charge in [0.25, 0.3) is 5.91 Å². The van der Waals surface area contributed by atoms with Gasteiger partial charge in [-0.2, -0.15) is 5.26 Å². The number of piperazine rings is 1. The van der Waals surface area contributed by atoms with Gasteiger partial charge in [0.05, 0.1) is 17.8 Å². The van der Waals surface area contributed by atoms with Gasteiger partial charge in [-0.05, 0) is 13.8 Å². The molecule has 1 unspecified atom stereocenters. The first-order chi connectivity index (χ1) is 8.63. The van der Waals surface area contributed by atoms with Crippen LogP contribution in [0.2, 0.25) is 0 Å². The second-order valence-electron chi connectivity index (χ2n) is 4.40. The zero-order valence-electron chi connectivity index (χ0n) is 10.6. The topological polar surface area (TPSA) is 73.4 Å². The van der Waals surface area contributed by atoms with Crippen LogP contribution < -0.4 is 0 Å². The highest BCUT2D eigenvalue weighted by Gasteiger charge is 2.27. The quantitative estimate of drug-likeness (QED) is 0.768. The fourth-order valence-electron chi connectivity index (χ4n) is 2.04. The summed E-state index contributed by atoms with van der Waals surface area (Å²) < 4.78 is 5.11. The SMILES string of the molecule is Cc1ncoc1C(=O)N1CCN(C(C)C#N)CC1. The number of aryl methyl sites for hydroxylation is 1. The van der Waals surface area contributed by atoms with E-state index in [1.54, 1.807) is 11.8 Å². The third-order valence-electron chi connectivity index (χ3n) is 3.28. The Balaban J connectivity index is 1.97. The number of carbonyl (C=O) groups is 1. The molecule has 1 amide bonds. The second kappa shape index (κ2) is 5.19. The Morgan fingerprint density at radius 1 is 1.50 bits per heavy atom. The van der Waals surface area contributed by atoms with Crippen molar-refractivity contribution < 1.29 is 9.21 Å². The van der Waals surface area contributed by atoms with E-state index in [2.05, 4.69) is 16.0 Å². The van der Waals surface area contributed by atoms with E-state index in [0.717, 1.165) is 0 Å². The molecule has 6 nitrogen and oxygen atoms in total. The van der Waals surface area contributed by atoms with Crippen LogP contribution in [0, 0.1) is 18.3 Å². The van der Waals surface area contributed by atoms with Crippen molar-refractivity contribution in [3.63, 3.8) is 0 Å². The van der Waals surface area contributed by atoms with Gasteiger partial charge in [0, 0.05) is 26.2 Å². The molecule has 1 saturated heterocycles. The van der Waals surface area contributed by atoms with Gasteiger partial charge in [0.2, 0.25) is 5.76 Å². The fraction of sp³-hybridized carbons (Fsp3) is 0.583. The molecular formula is C12H16N4O2. The van der Waals surface area contributed by atoms with Crippen LogP contribution in [0.3, 0.4) is 0 Å². The number of amides is 1. The zero-order valence-corrected chi connectivity index (χ0v) is 10.6. The normalized spacial score (nSPS) is 18.4. The van der Waals surface area contributed by atoms with Crippen molar-refractivity contribution in [2.45, 2.75) is 19.9 Å². The van der Waals surface area contributed by atoms with Crippen LogP contribution >= 0.6 is 0 Å².